The highest BCUT2D eigenvalue weighted by molar-refractivity contribution is 5.19. The van der Waals surface area contributed by atoms with E-state index in [1.54, 1.807) is 0 Å². The molecular formula is C15H25N3. The Morgan fingerprint density at radius 2 is 2.00 bits per heavy atom. The molecule has 0 amide bonds. The van der Waals surface area contributed by atoms with Crippen molar-refractivity contribution >= 4 is 0 Å². The van der Waals surface area contributed by atoms with E-state index in [2.05, 4.69) is 54.1 Å². The first-order valence-corrected chi connectivity index (χ1v) is 6.91. The van der Waals surface area contributed by atoms with Gasteiger partial charge < -0.3 is 10.6 Å². The van der Waals surface area contributed by atoms with Crippen LogP contribution in [-0.2, 0) is 0 Å². The van der Waals surface area contributed by atoms with E-state index in [1.165, 1.54) is 18.5 Å². The first kappa shape index (κ1) is 13.5. The third-order valence-corrected chi connectivity index (χ3v) is 3.91. The minimum Gasteiger partial charge on any atom is -0.329 e. The second-order valence-corrected chi connectivity index (χ2v) is 5.36. The Hall–Kier alpha value is -0.900. The third kappa shape index (κ3) is 3.10. The molecule has 1 aliphatic heterocycles. The molecule has 2 N–H and O–H groups in total. The Bertz CT molecular complexity index is 352. The Balaban J connectivity index is 2.16. The van der Waals surface area contributed by atoms with E-state index in [1.807, 2.05) is 0 Å². The molecule has 0 aromatic heterocycles. The first-order chi connectivity index (χ1) is 8.72. The normalized spacial score (nSPS) is 24.7. The molecule has 0 spiro atoms. The summed E-state index contributed by atoms with van der Waals surface area (Å²) in [5.41, 5.74) is 7.37. The molecule has 1 fully saturated rings. The fourth-order valence-electron chi connectivity index (χ4n) is 2.99. The molecule has 1 aliphatic rings. The molecule has 0 saturated carbocycles. The van der Waals surface area contributed by atoms with Gasteiger partial charge >= 0.3 is 0 Å². The van der Waals surface area contributed by atoms with Gasteiger partial charge in [-0.25, -0.2) is 0 Å². The number of likely N-dealkylation sites (N-methyl/N-ethyl adjacent to an activating group) is 1. The van der Waals surface area contributed by atoms with Gasteiger partial charge in [0, 0.05) is 31.7 Å². The topological polar surface area (TPSA) is 32.5 Å². The van der Waals surface area contributed by atoms with Crippen LogP contribution < -0.4 is 5.73 Å². The molecule has 1 heterocycles. The van der Waals surface area contributed by atoms with E-state index in [-0.39, 0.29) is 0 Å². The highest BCUT2D eigenvalue weighted by Crippen LogP contribution is 2.24. The molecule has 2 unspecified atom stereocenters. The van der Waals surface area contributed by atoms with Gasteiger partial charge in [-0.15, -0.1) is 0 Å². The van der Waals surface area contributed by atoms with Crippen LogP contribution in [0, 0.1) is 0 Å². The maximum Gasteiger partial charge on any atom is 0.0473 e. The van der Waals surface area contributed by atoms with Crippen molar-refractivity contribution in [1.82, 2.24) is 9.80 Å². The highest BCUT2D eigenvalue weighted by Gasteiger charge is 2.26. The van der Waals surface area contributed by atoms with E-state index >= 15 is 0 Å². The number of nitrogens with two attached hydrogens (primary N) is 1. The molecule has 0 aliphatic carbocycles. The van der Waals surface area contributed by atoms with Crippen molar-refractivity contribution in [1.29, 1.82) is 0 Å². The van der Waals surface area contributed by atoms with Crippen LogP contribution in [-0.4, -0.2) is 49.1 Å². The van der Waals surface area contributed by atoms with Crippen LogP contribution in [0.4, 0.5) is 0 Å². The summed E-state index contributed by atoms with van der Waals surface area (Å²) in [6.07, 6.45) is 1.23. The fraction of sp³-hybridized carbons (Fsp3) is 0.600. The van der Waals surface area contributed by atoms with Crippen molar-refractivity contribution in [2.45, 2.75) is 25.4 Å². The predicted octanol–water partition coefficient (Wildman–Crippen LogP) is 1.71. The second kappa shape index (κ2) is 6.32. The molecule has 1 aromatic rings. The van der Waals surface area contributed by atoms with Crippen molar-refractivity contribution < 1.29 is 0 Å². The number of rotatable bonds is 3. The highest BCUT2D eigenvalue weighted by atomic mass is 15.2. The lowest BCUT2D eigenvalue weighted by molar-refractivity contribution is 0.146. The quantitative estimate of drug-likeness (QED) is 0.882. The van der Waals surface area contributed by atoms with Gasteiger partial charge in [0.2, 0.25) is 0 Å². The Morgan fingerprint density at radius 1 is 1.28 bits per heavy atom. The Morgan fingerprint density at radius 3 is 2.67 bits per heavy atom. The van der Waals surface area contributed by atoms with Gasteiger partial charge in [-0.1, -0.05) is 30.3 Å². The van der Waals surface area contributed by atoms with Crippen molar-refractivity contribution in [3.05, 3.63) is 35.9 Å². The summed E-state index contributed by atoms with van der Waals surface area (Å²) >= 11 is 0. The van der Waals surface area contributed by atoms with E-state index in [0.717, 1.165) is 13.1 Å². The summed E-state index contributed by atoms with van der Waals surface area (Å²) in [5, 5.41) is 0. The smallest absolute Gasteiger partial charge is 0.0473 e. The summed E-state index contributed by atoms with van der Waals surface area (Å²) in [6.45, 7) is 6.46. The number of benzene rings is 1. The zero-order valence-corrected chi connectivity index (χ0v) is 11.5. The lowest BCUT2D eigenvalue weighted by Crippen LogP contribution is -2.42. The van der Waals surface area contributed by atoms with Gasteiger partial charge in [0.05, 0.1) is 0 Å². The minimum absolute atomic E-state index is 0.354. The molecule has 0 radical (unpaired) electrons. The van der Waals surface area contributed by atoms with E-state index in [4.69, 9.17) is 5.73 Å². The van der Waals surface area contributed by atoms with Crippen molar-refractivity contribution in [3.63, 3.8) is 0 Å². The van der Waals surface area contributed by atoms with Crippen molar-refractivity contribution in [3.8, 4) is 0 Å². The van der Waals surface area contributed by atoms with E-state index < -0.39 is 0 Å². The Labute approximate surface area is 111 Å². The predicted molar refractivity (Wildman–Crippen MR) is 76.5 cm³/mol. The summed E-state index contributed by atoms with van der Waals surface area (Å²) < 4.78 is 0. The van der Waals surface area contributed by atoms with Crippen LogP contribution in [0.15, 0.2) is 30.3 Å². The average molecular weight is 247 g/mol. The molecule has 0 bridgehead atoms. The van der Waals surface area contributed by atoms with Gasteiger partial charge in [-0.3, -0.25) is 4.90 Å². The van der Waals surface area contributed by atoms with Crippen molar-refractivity contribution in [2.75, 3.05) is 33.2 Å². The SMILES string of the molecule is CC1CN(C)CCCN1C(CN)c1ccccc1. The number of hydrogen-bond acceptors (Lipinski definition) is 3. The zero-order chi connectivity index (χ0) is 13.0. The third-order valence-electron chi connectivity index (χ3n) is 3.91. The molecule has 2 rings (SSSR count). The van der Waals surface area contributed by atoms with Gasteiger partial charge in [0.25, 0.3) is 0 Å². The van der Waals surface area contributed by atoms with Gasteiger partial charge in [-0.05, 0) is 32.5 Å². The molecule has 18 heavy (non-hydrogen) atoms. The summed E-state index contributed by atoms with van der Waals surface area (Å²) in [7, 11) is 2.21. The van der Waals surface area contributed by atoms with Crippen molar-refractivity contribution in [2.24, 2.45) is 5.73 Å². The lowest BCUT2D eigenvalue weighted by Gasteiger charge is -2.35. The zero-order valence-electron chi connectivity index (χ0n) is 11.5. The minimum atomic E-state index is 0.354. The number of hydrogen-bond donors (Lipinski definition) is 1. The van der Waals surface area contributed by atoms with Crippen LogP contribution in [0.1, 0.15) is 24.9 Å². The Kier molecular flexibility index (Phi) is 4.75. The molecule has 3 nitrogen and oxygen atoms in total. The van der Waals surface area contributed by atoms with Crippen LogP contribution in [0.5, 0.6) is 0 Å². The largest absolute Gasteiger partial charge is 0.329 e. The van der Waals surface area contributed by atoms with E-state index in [0.29, 0.717) is 18.6 Å². The van der Waals surface area contributed by atoms with Crippen LogP contribution >= 0.6 is 0 Å². The summed E-state index contributed by atoms with van der Waals surface area (Å²) in [5.74, 6) is 0. The summed E-state index contributed by atoms with van der Waals surface area (Å²) in [6, 6.07) is 11.6. The summed E-state index contributed by atoms with van der Waals surface area (Å²) in [4.78, 5) is 4.99. The van der Waals surface area contributed by atoms with Gasteiger partial charge in [-0.2, -0.15) is 0 Å². The van der Waals surface area contributed by atoms with Gasteiger partial charge in [0.1, 0.15) is 0 Å². The van der Waals surface area contributed by atoms with Crippen LogP contribution in [0.25, 0.3) is 0 Å². The fourth-order valence-corrected chi connectivity index (χ4v) is 2.99. The molecule has 2 atom stereocenters. The van der Waals surface area contributed by atoms with Gasteiger partial charge in [0.15, 0.2) is 0 Å². The maximum atomic E-state index is 6.03. The van der Waals surface area contributed by atoms with Crippen LogP contribution in [0.2, 0.25) is 0 Å². The maximum absolute atomic E-state index is 6.03. The lowest BCUT2D eigenvalue weighted by atomic mass is 10.0. The molecular weight excluding hydrogens is 222 g/mol. The van der Waals surface area contributed by atoms with E-state index in [9.17, 15) is 0 Å². The standard InChI is InChI=1S/C15H25N3/c1-13-12-17(2)9-6-10-18(13)15(11-16)14-7-4-3-5-8-14/h3-5,7-8,13,15H,6,9-12,16H2,1-2H3. The molecule has 100 valence electrons. The molecule has 1 saturated heterocycles. The number of nitrogens with zero attached hydrogens (tertiary/aromatic N) is 2. The second-order valence-electron chi connectivity index (χ2n) is 5.36. The average Bonchev–Trinajstić information content (AvgIpc) is 2.54. The van der Waals surface area contributed by atoms with Crippen LogP contribution in [0.3, 0.4) is 0 Å². The molecule has 1 aromatic carbocycles. The first-order valence-electron chi connectivity index (χ1n) is 6.91. The molecule has 3 heteroatoms. The monoisotopic (exact) mass is 247 g/mol.